The Morgan fingerprint density at radius 3 is 2.56 bits per heavy atom. The molecule has 0 aliphatic heterocycles. The van der Waals surface area contributed by atoms with Crippen molar-refractivity contribution >= 4 is 18.4 Å². The maximum Gasteiger partial charge on any atom is 0.271 e. The Hall–Kier alpha value is -2.94. The molecule has 0 bridgehead atoms. The van der Waals surface area contributed by atoms with Crippen LogP contribution < -0.4 is 9.47 Å². The van der Waals surface area contributed by atoms with Gasteiger partial charge in [-0.25, -0.2) is 9.78 Å². The molecule has 0 amide bonds. The van der Waals surface area contributed by atoms with Crippen molar-refractivity contribution in [3.05, 3.63) is 46.0 Å². The first-order chi connectivity index (χ1) is 12.0. The largest absolute Gasteiger partial charge is 0.493 e. The van der Waals surface area contributed by atoms with Crippen LogP contribution in [0.15, 0.2) is 29.4 Å². The highest BCUT2D eigenvalue weighted by Gasteiger charge is 2.12. The minimum absolute atomic E-state index is 0.374. The molecule has 0 radical (unpaired) electrons. The quantitative estimate of drug-likeness (QED) is 0.560. The molecule has 0 unspecified atom stereocenters. The third-order valence-corrected chi connectivity index (χ3v) is 3.83. The van der Waals surface area contributed by atoms with E-state index in [1.54, 1.807) is 25.1 Å². The number of ether oxygens (including phenoxy) is 2. The van der Waals surface area contributed by atoms with E-state index < -0.39 is 0 Å². The van der Waals surface area contributed by atoms with Crippen molar-refractivity contribution in [3.63, 3.8) is 0 Å². The average molecular weight is 358 g/mol. The highest BCUT2D eigenvalue weighted by Crippen LogP contribution is 2.26. The summed E-state index contributed by atoms with van der Waals surface area (Å²) in [7, 11) is 3.18. The molecule has 0 spiro atoms. The summed E-state index contributed by atoms with van der Waals surface area (Å²) in [6.07, 6.45) is 1.67. The molecule has 0 aliphatic rings. The molecular formula is C16H18N6O2S. The molecular weight excluding hydrogens is 340 g/mol. The van der Waals surface area contributed by atoms with E-state index in [9.17, 15) is 0 Å². The van der Waals surface area contributed by atoms with Crippen molar-refractivity contribution in [2.45, 2.75) is 13.8 Å². The monoisotopic (exact) mass is 358 g/mol. The summed E-state index contributed by atoms with van der Waals surface area (Å²) in [5.74, 6) is 1.77. The number of benzene rings is 1. The number of nitrogens with zero attached hydrogens (tertiary/aromatic N) is 5. The van der Waals surface area contributed by atoms with E-state index in [-0.39, 0.29) is 0 Å². The summed E-state index contributed by atoms with van der Waals surface area (Å²) in [5.41, 5.74) is 2.66. The second kappa shape index (κ2) is 6.89. The van der Waals surface area contributed by atoms with Gasteiger partial charge in [-0.3, -0.25) is 0 Å². The van der Waals surface area contributed by atoms with E-state index in [1.807, 2.05) is 38.1 Å². The fraction of sp³-hybridized carbons (Fsp3) is 0.250. The number of aryl methyl sites for hydroxylation is 2. The second-order valence-corrected chi connectivity index (χ2v) is 5.73. The Morgan fingerprint density at radius 1 is 1.16 bits per heavy atom. The Morgan fingerprint density at radius 2 is 1.92 bits per heavy atom. The predicted octanol–water partition coefficient (Wildman–Crippen LogP) is 2.64. The van der Waals surface area contributed by atoms with Crippen LogP contribution in [-0.2, 0) is 0 Å². The zero-order valence-corrected chi connectivity index (χ0v) is 15.2. The van der Waals surface area contributed by atoms with Crippen molar-refractivity contribution in [1.82, 2.24) is 24.7 Å². The Bertz CT molecular complexity index is 985. The molecule has 9 heteroatoms. The van der Waals surface area contributed by atoms with Crippen molar-refractivity contribution in [2.75, 3.05) is 14.2 Å². The third kappa shape index (κ3) is 3.31. The summed E-state index contributed by atoms with van der Waals surface area (Å²) in [4.78, 5) is 0. The first-order valence-electron chi connectivity index (χ1n) is 7.51. The lowest BCUT2D eigenvalue weighted by Crippen LogP contribution is -2.07. The fourth-order valence-corrected chi connectivity index (χ4v) is 2.59. The molecule has 3 aromatic rings. The van der Waals surface area contributed by atoms with Gasteiger partial charge in [-0.2, -0.15) is 14.9 Å². The third-order valence-electron chi connectivity index (χ3n) is 3.56. The van der Waals surface area contributed by atoms with Crippen LogP contribution in [0.4, 0.5) is 0 Å². The molecule has 2 heterocycles. The second-order valence-electron chi connectivity index (χ2n) is 5.34. The minimum Gasteiger partial charge on any atom is -0.493 e. The van der Waals surface area contributed by atoms with Crippen LogP contribution in [0.2, 0.25) is 0 Å². The zero-order chi connectivity index (χ0) is 18.0. The topological polar surface area (TPSA) is 82.3 Å². The van der Waals surface area contributed by atoms with Crippen LogP contribution in [0.25, 0.3) is 5.95 Å². The summed E-state index contributed by atoms with van der Waals surface area (Å²) < 4.78 is 14.1. The van der Waals surface area contributed by atoms with E-state index >= 15 is 0 Å². The van der Waals surface area contributed by atoms with Crippen LogP contribution in [0.5, 0.6) is 11.5 Å². The molecule has 0 saturated carbocycles. The predicted molar refractivity (Wildman–Crippen MR) is 96.5 cm³/mol. The first kappa shape index (κ1) is 16.9. The van der Waals surface area contributed by atoms with Crippen LogP contribution >= 0.6 is 12.2 Å². The van der Waals surface area contributed by atoms with Gasteiger partial charge in [-0.15, -0.1) is 5.10 Å². The smallest absolute Gasteiger partial charge is 0.271 e. The van der Waals surface area contributed by atoms with E-state index in [2.05, 4.69) is 20.4 Å². The van der Waals surface area contributed by atoms with Gasteiger partial charge in [0.2, 0.25) is 4.77 Å². The maximum absolute atomic E-state index is 5.30. The molecule has 1 aromatic carbocycles. The molecule has 0 fully saturated rings. The van der Waals surface area contributed by atoms with Crippen molar-refractivity contribution in [3.8, 4) is 17.4 Å². The number of rotatable bonds is 5. The molecule has 1 N–H and O–H groups in total. The normalized spacial score (nSPS) is 11.2. The Balaban J connectivity index is 1.99. The summed E-state index contributed by atoms with van der Waals surface area (Å²) >= 11 is 5.27. The number of aromatic amines is 1. The molecule has 0 saturated heterocycles. The number of H-pyrrole nitrogens is 1. The van der Waals surface area contributed by atoms with Crippen LogP contribution in [0.1, 0.15) is 17.0 Å². The van der Waals surface area contributed by atoms with Crippen molar-refractivity contribution in [1.29, 1.82) is 0 Å². The van der Waals surface area contributed by atoms with Gasteiger partial charge in [0.15, 0.2) is 11.5 Å². The summed E-state index contributed by atoms with van der Waals surface area (Å²) in [6.45, 7) is 3.86. The van der Waals surface area contributed by atoms with Gasteiger partial charge < -0.3 is 9.47 Å². The first-order valence-corrected chi connectivity index (χ1v) is 7.91. The molecule has 0 atom stereocenters. The summed E-state index contributed by atoms with van der Waals surface area (Å²) in [5, 5.41) is 15.8. The van der Waals surface area contributed by atoms with E-state index in [4.69, 9.17) is 21.7 Å². The van der Waals surface area contributed by atoms with E-state index in [0.29, 0.717) is 22.2 Å². The van der Waals surface area contributed by atoms with Gasteiger partial charge >= 0.3 is 0 Å². The molecule has 8 nitrogen and oxygen atoms in total. The average Bonchev–Trinajstić information content (AvgIpc) is 3.13. The minimum atomic E-state index is 0.374. The van der Waals surface area contributed by atoms with Gasteiger partial charge in [-0.05, 0) is 55.9 Å². The van der Waals surface area contributed by atoms with Crippen LogP contribution in [0, 0.1) is 18.6 Å². The number of hydrogen-bond acceptors (Lipinski definition) is 6. The van der Waals surface area contributed by atoms with Gasteiger partial charge in [-0.1, -0.05) is 0 Å². The Kier molecular flexibility index (Phi) is 4.66. The van der Waals surface area contributed by atoms with Crippen LogP contribution in [-0.4, -0.2) is 45.1 Å². The lowest BCUT2D eigenvalue weighted by molar-refractivity contribution is 0.355. The number of methoxy groups -OCH3 is 2. The highest BCUT2D eigenvalue weighted by atomic mass is 32.1. The molecule has 25 heavy (non-hydrogen) atoms. The number of nitrogens with one attached hydrogen (secondary N) is 1. The lowest BCUT2D eigenvalue weighted by Gasteiger charge is -2.07. The van der Waals surface area contributed by atoms with E-state index in [1.165, 1.54) is 4.68 Å². The molecule has 3 rings (SSSR count). The lowest BCUT2D eigenvalue weighted by atomic mass is 10.2. The van der Waals surface area contributed by atoms with Crippen LogP contribution in [0.3, 0.4) is 0 Å². The molecule has 2 aromatic heterocycles. The van der Waals surface area contributed by atoms with Crippen molar-refractivity contribution in [2.24, 2.45) is 5.10 Å². The SMILES string of the molecule is COc1ccc(/C=N\n2c(-n3nc(C)cc3C)n[nH]c2=S)cc1OC. The van der Waals surface area contributed by atoms with Gasteiger partial charge in [0.1, 0.15) is 0 Å². The highest BCUT2D eigenvalue weighted by molar-refractivity contribution is 7.71. The van der Waals surface area contributed by atoms with Gasteiger partial charge in [0.25, 0.3) is 5.95 Å². The maximum atomic E-state index is 5.30. The molecule has 0 aliphatic carbocycles. The number of hydrogen-bond donors (Lipinski definition) is 1. The van der Waals surface area contributed by atoms with Crippen molar-refractivity contribution < 1.29 is 9.47 Å². The van der Waals surface area contributed by atoms with Gasteiger partial charge in [0, 0.05) is 5.69 Å². The number of aromatic nitrogens is 5. The zero-order valence-electron chi connectivity index (χ0n) is 14.3. The fourth-order valence-electron chi connectivity index (χ4n) is 2.41. The summed E-state index contributed by atoms with van der Waals surface area (Å²) in [6, 6.07) is 7.48. The standard InChI is InChI=1S/C16H18N6O2S/c1-10-7-11(2)21(20-10)15-18-19-16(25)22(15)17-9-12-5-6-13(23-3)14(8-12)24-4/h5-9H,1-4H3,(H,19,25)/b17-9-. The van der Waals surface area contributed by atoms with E-state index in [0.717, 1.165) is 17.0 Å². The Labute approximate surface area is 149 Å². The van der Waals surface area contributed by atoms with Gasteiger partial charge in [0.05, 0.1) is 26.1 Å². The molecule has 130 valence electrons.